The van der Waals surface area contributed by atoms with Gasteiger partial charge in [-0.3, -0.25) is 33.7 Å². The summed E-state index contributed by atoms with van der Waals surface area (Å²) in [6.45, 7) is 9.08. The van der Waals surface area contributed by atoms with E-state index in [0.717, 1.165) is 10.5 Å². The predicted molar refractivity (Wildman–Crippen MR) is 148 cm³/mol. The maximum atomic E-state index is 12.7. The van der Waals surface area contributed by atoms with Gasteiger partial charge < -0.3 is 20.7 Å². The van der Waals surface area contributed by atoms with Gasteiger partial charge in [-0.2, -0.15) is 0 Å². The van der Waals surface area contributed by atoms with Gasteiger partial charge in [-0.1, -0.05) is 32.4 Å². The second kappa shape index (κ2) is 14.9. The summed E-state index contributed by atoms with van der Waals surface area (Å²) in [4.78, 5) is 73.6. The Kier molecular flexibility index (Phi) is 12.0. The van der Waals surface area contributed by atoms with Gasteiger partial charge in [0.2, 0.25) is 17.7 Å². The Hall–Kier alpha value is -4.02. The molecule has 0 saturated heterocycles. The number of anilines is 1. The third kappa shape index (κ3) is 10.6. The van der Waals surface area contributed by atoms with E-state index in [2.05, 4.69) is 16.0 Å². The molecule has 11 nitrogen and oxygen atoms in total. The molecule has 0 fully saturated rings. The number of carbonyl (C=O) groups is 6. The van der Waals surface area contributed by atoms with Gasteiger partial charge in [0.15, 0.2) is 0 Å². The number of carbonyl (C=O) groups excluding carboxylic acids is 6. The van der Waals surface area contributed by atoms with Crippen molar-refractivity contribution in [1.82, 2.24) is 15.5 Å². The maximum absolute atomic E-state index is 12.7. The molecule has 218 valence electrons. The summed E-state index contributed by atoms with van der Waals surface area (Å²) in [6, 6.07) is 6.01. The first-order chi connectivity index (χ1) is 18.8. The van der Waals surface area contributed by atoms with E-state index in [4.69, 9.17) is 4.74 Å². The van der Waals surface area contributed by atoms with Crippen LogP contribution in [0.4, 0.5) is 5.69 Å². The fraction of sp³-hybridized carbons (Fsp3) is 0.517. The average molecular weight is 557 g/mol. The Morgan fingerprint density at radius 3 is 2.10 bits per heavy atom. The number of ether oxygens (including phenoxy) is 1. The molecule has 1 aliphatic heterocycles. The molecule has 0 aliphatic carbocycles. The van der Waals surface area contributed by atoms with Gasteiger partial charge in [0.05, 0.1) is 12.0 Å². The average Bonchev–Trinajstić information content (AvgIpc) is 3.21. The van der Waals surface area contributed by atoms with Crippen LogP contribution in [0.25, 0.3) is 0 Å². The highest BCUT2D eigenvalue weighted by atomic mass is 16.5. The van der Waals surface area contributed by atoms with E-state index in [1.54, 1.807) is 58.9 Å². The standard InChI is InChI=1S/C29H40N4O7/c1-19(2)26(32-22(34)9-7-6-8-16-33-24(36)14-15-25(33)37)27(38)30-17-23(35)31-21-12-10-20(11-13-21)18-40-28(39)29(3,4)5/h10-15,19,26H,6-9,16-18H2,1-5H3,(H,30,38)(H,31,35)(H,32,34). The van der Waals surface area contributed by atoms with Crippen molar-refractivity contribution in [3.63, 3.8) is 0 Å². The molecule has 11 heteroatoms. The zero-order valence-corrected chi connectivity index (χ0v) is 23.9. The third-order valence-corrected chi connectivity index (χ3v) is 6.09. The van der Waals surface area contributed by atoms with Crippen LogP contribution >= 0.6 is 0 Å². The first kappa shape index (κ1) is 32.2. The number of esters is 1. The quantitative estimate of drug-likeness (QED) is 0.181. The molecular formula is C29H40N4O7. The Balaban J connectivity index is 1.70. The van der Waals surface area contributed by atoms with Gasteiger partial charge in [-0.25, -0.2) is 0 Å². The summed E-state index contributed by atoms with van der Waals surface area (Å²) in [5, 5.41) is 7.98. The number of hydrogen-bond acceptors (Lipinski definition) is 7. The van der Waals surface area contributed by atoms with Crippen LogP contribution in [0.1, 0.15) is 65.9 Å². The lowest BCUT2D eigenvalue weighted by molar-refractivity contribution is -0.154. The van der Waals surface area contributed by atoms with Crippen LogP contribution in [0, 0.1) is 11.3 Å². The van der Waals surface area contributed by atoms with Crippen LogP contribution in [0.2, 0.25) is 0 Å². The lowest BCUT2D eigenvalue weighted by Crippen LogP contribution is -2.51. The van der Waals surface area contributed by atoms with Crippen molar-refractivity contribution in [2.24, 2.45) is 11.3 Å². The summed E-state index contributed by atoms with van der Waals surface area (Å²) in [5.41, 5.74) is 0.704. The molecule has 5 amide bonds. The Labute approximate surface area is 235 Å². The van der Waals surface area contributed by atoms with E-state index < -0.39 is 23.3 Å². The van der Waals surface area contributed by atoms with Crippen molar-refractivity contribution in [2.45, 2.75) is 73.0 Å². The van der Waals surface area contributed by atoms with Crippen molar-refractivity contribution in [3.05, 3.63) is 42.0 Å². The molecule has 0 saturated carbocycles. The van der Waals surface area contributed by atoms with Gasteiger partial charge in [-0.15, -0.1) is 0 Å². The van der Waals surface area contributed by atoms with Crippen LogP contribution in [0.5, 0.6) is 0 Å². The minimum absolute atomic E-state index is 0.126. The van der Waals surface area contributed by atoms with Crippen LogP contribution in [-0.4, -0.2) is 59.5 Å². The fourth-order valence-corrected chi connectivity index (χ4v) is 3.70. The molecular weight excluding hydrogens is 516 g/mol. The molecule has 1 heterocycles. The van der Waals surface area contributed by atoms with E-state index in [9.17, 15) is 28.8 Å². The zero-order valence-electron chi connectivity index (χ0n) is 23.9. The van der Waals surface area contributed by atoms with Crippen LogP contribution in [0.3, 0.4) is 0 Å². The smallest absolute Gasteiger partial charge is 0.311 e. The highest BCUT2D eigenvalue weighted by molar-refractivity contribution is 6.12. The molecule has 2 rings (SSSR count). The largest absolute Gasteiger partial charge is 0.460 e. The summed E-state index contributed by atoms with van der Waals surface area (Å²) < 4.78 is 5.28. The maximum Gasteiger partial charge on any atom is 0.311 e. The molecule has 0 spiro atoms. The first-order valence-electron chi connectivity index (χ1n) is 13.4. The Bertz CT molecular complexity index is 1100. The summed E-state index contributed by atoms with van der Waals surface area (Å²) in [6.07, 6.45) is 4.45. The van der Waals surface area contributed by atoms with Crippen LogP contribution in [0.15, 0.2) is 36.4 Å². The third-order valence-electron chi connectivity index (χ3n) is 6.09. The minimum Gasteiger partial charge on any atom is -0.460 e. The number of benzene rings is 1. The number of nitrogens with one attached hydrogen (secondary N) is 3. The Morgan fingerprint density at radius 1 is 0.900 bits per heavy atom. The molecule has 3 N–H and O–H groups in total. The monoisotopic (exact) mass is 556 g/mol. The lowest BCUT2D eigenvalue weighted by atomic mass is 9.97. The summed E-state index contributed by atoms with van der Waals surface area (Å²) in [5.74, 6) is -2.34. The van der Waals surface area contributed by atoms with Crippen molar-refractivity contribution in [3.8, 4) is 0 Å². The van der Waals surface area contributed by atoms with Crippen molar-refractivity contribution in [2.75, 3.05) is 18.4 Å². The highest BCUT2D eigenvalue weighted by Crippen LogP contribution is 2.17. The molecule has 40 heavy (non-hydrogen) atoms. The van der Waals surface area contributed by atoms with Crippen LogP contribution in [-0.2, 0) is 40.1 Å². The molecule has 0 aromatic heterocycles. The van der Waals surface area contributed by atoms with E-state index in [1.165, 1.54) is 12.2 Å². The number of unbranched alkanes of at least 4 members (excludes halogenated alkanes) is 2. The molecule has 0 radical (unpaired) electrons. The minimum atomic E-state index is -0.804. The fourth-order valence-electron chi connectivity index (χ4n) is 3.70. The topological polar surface area (TPSA) is 151 Å². The SMILES string of the molecule is CC(C)C(NC(=O)CCCCCN1C(=O)C=CC1=O)C(=O)NCC(=O)Nc1ccc(COC(=O)C(C)(C)C)cc1. The molecule has 1 aromatic rings. The lowest BCUT2D eigenvalue weighted by Gasteiger charge is -2.21. The van der Waals surface area contributed by atoms with Crippen molar-refractivity contribution in [1.29, 1.82) is 0 Å². The molecule has 1 atom stereocenters. The van der Waals surface area contributed by atoms with Gasteiger partial charge in [0.1, 0.15) is 12.6 Å². The predicted octanol–water partition coefficient (Wildman–Crippen LogP) is 2.46. The van der Waals surface area contributed by atoms with Gasteiger partial charge in [-0.05, 0) is 57.2 Å². The van der Waals surface area contributed by atoms with Gasteiger partial charge in [0, 0.05) is 30.8 Å². The van der Waals surface area contributed by atoms with E-state index >= 15 is 0 Å². The normalized spacial score (nSPS) is 13.8. The zero-order chi connectivity index (χ0) is 29.9. The van der Waals surface area contributed by atoms with Gasteiger partial charge in [0.25, 0.3) is 11.8 Å². The van der Waals surface area contributed by atoms with Gasteiger partial charge >= 0.3 is 5.97 Å². The summed E-state index contributed by atoms with van der Waals surface area (Å²) >= 11 is 0. The second-order valence-corrected chi connectivity index (χ2v) is 11.1. The Morgan fingerprint density at radius 2 is 1.52 bits per heavy atom. The highest BCUT2D eigenvalue weighted by Gasteiger charge is 2.25. The number of amides is 5. The molecule has 1 unspecified atom stereocenters. The van der Waals surface area contributed by atoms with E-state index in [-0.39, 0.29) is 49.2 Å². The number of nitrogens with zero attached hydrogens (tertiary/aromatic N) is 1. The molecule has 1 aliphatic rings. The first-order valence-corrected chi connectivity index (χ1v) is 13.4. The van der Waals surface area contributed by atoms with Crippen molar-refractivity contribution >= 4 is 41.2 Å². The van der Waals surface area contributed by atoms with E-state index in [1.807, 2.05) is 0 Å². The number of rotatable bonds is 14. The number of hydrogen-bond donors (Lipinski definition) is 3. The number of imide groups is 1. The van der Waals surface area contributed by atoms with E-state index in [0.29, 0.717) is 31.5 Å². The second-order valence-electron chi connectivity index (χ2n) is 11.1. The van der Waals surface area contributed by atoms with Crippen LogP contribution < -0.4 is 16.0 Å². The molecule has 0 bridgehead atoms. The van der Waals surface area contributed by atoms with Crippen molar-refractivity contribution < 1.29 is 33.5 Å². The molecule has 1 aromatic carbocycles. The summed E-state index contributed by atoms with van der Waals surface area (Å²) in [7, 11) is 0.